The molecule has 0 bridgehead atoms. The number of rotatable bonds is 7. The molecule has 4 nitrogen and oxygen atoms in total. The second kappa shape index (κ2) is 10.9. The van der Waals surface area contributed by atoms with Crippen molar-refractivity contribution in [3.8, 4) is 5.75 Å². The van der Waals surface area contributed by atoms with Crippen LogP contribution < -0.4 is 9.64 Å². The first kappa shape index (κ1) is 21.9. The van der Waals surface area contributed by atoms with Crippen LogP contribution in [-0.4, -0.2) is 36.4 Å². The number of aliphatic imine (C=N–C) groups is 1. The van der Waals surface area contributed by atoms with Gasteiger partial charge in [-0.2, -0.15) is 0 Å². The van der Waals surface area contributed by atoms with E-state index in [-0.39, 0.29) is 12.3 Å². The fourth-order valence-corrected chi connectivity index (χ4v) is 5.39. The van der Waals surface area contributed by atoms with Gasteiger partial charge in [0.05, 0.1) is 18.8 Å². The molecule has 1 aliphatic carbocycles. The average molecular weight is 437 g/mol. The molecule has 2 aliphatic rings. The highest BCUT2D eigenvalue weighted by molar-refractivity contribution is 8.14. The van der Waals surface area contributed by atoms with Crippen LogP contribution in [0.1, 0.15) is 67.3 Å². The van der Waals surface area contributed by atoms with Crippen LogP contribution in [0.3, 0.4) is 0 Å². The first-order valence-corrected chi connectivity index (χ1v) is 12.5. The lowest BCUT2D eigenvalue weighted by Crippen LogP contribution is -2.36. The molecule has 1 saturated carbocycles. The number of ether oxygens (including phenoxy) is 1. The summed E-state index contributed by atoms with van der Waals surface area (Å²) >= 11 is 1.72. The molecule has 0 radical (unpaired) electrons. The molecule has 1 heterocycles. The Morgan fingerprint density at radius 2 is 1.84 bits per heavy atom. The fourth-order valence-electron chi connectivity index (χ4n) is 4.44. The standard InChI is InChI=1S/C26H32N2O2S/c1-2-30-25-12-7-6-11-23(25)28(26-27-17-8-18-31-26)19-24(29)22-15-13-21(14-16-22)20-9-4-3-5-10-20/h6-7,11-16,20H,2-5,8-10,17-19H2,1H3. The summed E-state index contributed by atoms with van der Waals surface area (Å²) in [4.78, 5) is 20.0. The van der Waals surface area contributed by atoms with Crippen molar-refractivity contribution in [3.63, 3.8) is 0 Å². The molecule has 0 saturated heterocycles. The number of ketones is 1. The molecule has 0 amide bonds. The highest BCUT2D eigenvalue weighted by Gasteiger charge is 2.23. The summed E-state index contributed by atoms with van der Waals surface area (Å²) in [5, 5.41) is 0.908. The number of carbonyl (C=O) groups excluding carboxylic acids is 1. The largest absolute Gasteiger partial charge is 0.492 e. The number of hydrogen-bond donors (Lipinski definition) is 0. The molecule has 0 spiro atoms. The van der Waals surface area contributed by atoms with E-state index in [1.165, 1.54) is 37.7 Å². The summed E-state index contributed by atoms with van der Waals surface area (Å²) < 4.78 is 5.86. The van der Waals surface area contributed by atoms with Gasteiger partial charge in [-0.3, -0.25) is 9.79 Å². The van der Waals surface area contributed by atoms with E-state index in [9.17, 15) is 4.79 Å². The van der Waals surface area contributed by atoms with Gasteiger partial charge < -0.3 is 9.64 Å². The zero-order chi connectivity index (χ0) is 21.5. The van der Waals surface area contributed by atoms with Gasteiger partial charge in [-0.15, -0.1) is 0 Å². The van der Waals surface area contributed by atoms with Gasteiger partial charge in [0.25, 0.3) is 0 Å². The number of nitrogens with zero attached hydrogens (tertiary/aromatic N) is 2. The van der Waals surface area contributed by atoms with Crippen LogP contribution in [0.2, 0.25) is 0 Å². The molecule has 0 N–H and O–H groups in total. The van der Waals surface area contributed by atoms with Gasteiger partial charge in [0.15, 0.2) is 11.0 Å². The van der Waals surface area contributed by atoms with Crippen LogP contribution >= 0.6 is 11.8 Å². The summed E-state index contributed by atoms with van der Waals surface area (Å²) in [6.07, 6.45) is 7.61. The molecular formula is C26H32N2O2S. The predicted octanol–water partition coefficient (Wildman–Crippen LogP) is 6.32. The second-order valence-electron chi connectivity index (χ2n) is 8.23. The summed E-state index contributed by atoms with van der Waals surface area (Å²) in [5.41, 5.74) is 3.05. The minimum Gasteiger partial charge on any atom is -0.492 e. The van der Waals surface area contributed by atoms with Crippen LogP contribution in [0.4, 0.5) is 5.69 Å². The maximum Gasteiger partial charge on any atom is 0.182 e. The molecule has 0 atom stereocenters. The maximum atomic E-state index is 13.3. The van der Waals surface area contributed by atoms with Gasteiger partial charge in [-0.1, -0.05) is 67.4 Å². The monoisotopic (exact) mass is 436 g/mol. The van der Waals surface area contributed by atoms with E-state index >= 15 is 0 Å². The van der Waals surface area contributed by atoms with Crippen molar-refractivity contribution in [1.82, 2.24) is 0 Å². The van der Waals surface area contributed by atoms with Crippen molar-refractivity contribution < 1.29 is 9.53 Å². The van der Waals surface area contributed by atoms with Crippen LogP contribution in [0.25, 0.3) is 0 Å². The van der Waals surface area contributed by atoms with Gasteiger partial charge in [0.2, 0.25) is 0 Å². The molecule has 4 rings (SSSR count). The van der Waals surface area contributed by atoms with Crippen LogP contribution in [-0.2, 0) is 0 Å². The normalized spacial score (nSPS) is 17.1. The first-order valence-electron chi connectivity index (χ1n) is 11.6. The van der Waals surface area contributed by atoms with Crippen LogP contribution in [0.15, 0.2) is 53.5 Å². The molecule has 1 fully saturated rings. The number of hydrogen-bond acceptors (Lipinski definition) is 5. The second-order valence-corrected chi connectivity index (χ2v) is 9.30. The van der Waals surface area contributed by atoms with Crippen LogP contribution in [0.5, 0.6) is 5.75 Å². The van der Waals surface area contributed by atoms with Gasteiger partial charge in [0, 0.05) is 17.9 Å². The SMILES string of the molecule is CCOc1ccccc1N(CC(=O)c1ccc(C2CCCCC2)cc1)C1=NCCCS1. The molecular weight excluding hydrogens is 404 g/mol. The number of benzene rings is 2. The van der Waals surface area contributed by atoms with E-state index in [0.717, 1.165) is 40.9 Å². The third-order valence-electron chi connectivity index (χ3n) is 6.08. The Morgan fingerprint density at radius 1 is 1.06 bits per heavy atom. The molecule has 2 aromatic rings. The highest BCUT2D eigenvalue weighted by atomic mass is 32.2. The van der Waals surface area contributed by atoms with Crippen molar-refractivity contribution >= 4 is 28.4 Å². The van der Waals surface area contributed by atoms with Gasteiger partial charge in [-0.05, 0) is 49.8 Å². The lowest BCUT2D eigenvalue weighted by atomic mass is 9.84. The van der Waals surface area contributed by atoms with E-state index in [0.29, 0.717) is 12.5 Å². The predicted molar refractivity (Wildman–Crippen MR) is 131 cm³/mol. The summed E-state index contributed by atoms with van der Waals surface area (Å²) in [6.45, 7) is 3.63. The van der Waals surface area contributed by atoms with Crippen molar-refractivity contribution in [2.24, 2.45) is 4.99 Å². The molecule has 0 unspecified atom stereocenters. The van der Waals surface area contributed by atoms with E-state index in [2.05, 4.69) is 12.1 Å². The molecule has 2 aromatic carbocycles. The lowest BCUT2D eigenvalue weighted by molar-refractivity contribution is 0.100. The van der Waals surface area contributed by atoms with Gasteiger partial charge in [0.1, 0.15) is 5.75 Å². The lowest BCUT2D eigenvalue weighted by Gasteiger charge is -2.28. The number of amidine groups is 1. The molecule has 0 aromatic heterocycles. The zero-order valence-electron chi connectivity index (χ0n) is 18.4. The summed E-state index contributed by atoms with van der Waals surface area (Å²) in [7, 11) is 0. The Hall–Kier alpha value is -2.27. The Morgan fingerprint density at radius 3 is 2.55 bits per heavy atom. The molecule has 5 heteroatoms. The Bertz CT molecular complexity index is 904. The zero-order valence-corrected chi connectivity index (χ0v) is 19.2. The topological polar surface area (TPSA) is 41.9 Å². The smallest absolute Gasteiger partial charge is 0.182 e. The van der Waals surface area contributed by atoms with E-state index in [1.54, 1.807) is 11.8 Å². The van der Waals surface area contributed by atoms with E-state index in [4.69, 9.17) is 9.73 Å². The number of anilines is 1. The Balaban J connectivity index is 1.55. The fraction of sp³-hybridized carbons (Fsp3) is 0.462. The van der Waals surface area contributed by atoms with Crippen molar-refractivity contribution in [1.29, 1.82) is 0 Å². The molecule has 1 aliphatic heterocycles. The first-order chi connectivity index (χ1) is 15.3. The average Bonchev–Trinajstić information content (AvgIpc) is 2.84. The third-order valence-corrected chi connectivity index (χ3v) is 7.18. The quantitative estimate of drug-likeness (QED) is 0.477. The van der Waals surface area contributed by atoms with Crippen molar-refractivity contribution in [3.05, 3.63) is 59.7 Å². The van der Waals surface area contributed by atoms with Crippen LogP contribution in [0, 0.1) is 0 Å². The number of thioether (sulfide) groups is 1. The van der Waals surface area contributed by atoms with Crippen molar-refractivity contribution in [2.45, 2.75) is 51.4 Å². The highest BCUT2D eigenvalue weighted by Crippen LogP contribution is 2.34. The molecule has 31 heavy (non-hydrogen) atoms. The summed E-state index contributed by atoms with van der Waals surface area (Å²) in [5.74, 6) is 2.58. The number of Topliss-reactive ketones (excluding diaryl/α,β-unsaturated/α-hetero) is 1. The van der Waals surface area contributed by atoms with E-state index in [1.807, 2.05) is 48.2 Å². The van der Waals surface area contributed by atoms with Gasteiger partial charge >= 0.3 is 0 Å². The molecule has 164 valence electrons. The minimum absolute atomic E-state index is 0.107. The van der Waals surface area contributed by atoms with E-state index < -0.39 is 0 Å². The Kier molecular flexibility index (Phi) is 7.68. The number of carbonyl (C=O) groups is 1. The van der Waals surface area contributed by atoms with Crippen molar-refractivity contribution in [2.75, 3.05) is 30.3 Å². The minimum atomic E-state index is 0.107. The maximum absolute atomic E-state index is 13.3. The van der Waals surface area contributed by atoms with Gasteiger partial charge in [-0.25, -0.2) is 0 Å². The Labute approximate surface area is 190 Å². The summed E-state index contributed by atoms with van der Waals surface area (Å²) in [6, 6.07) is 16.3. The third kappa shape index (κ3) is 5.51. The number of para-hydroxylation sites is 2.